The number of rotatable bonds is 1. The van der Waals surface area contributed by atoms with Crippen LogP contribution in [0.4, 0.5) is 5.82 Å². The van der Waals surface area contributed by atoms with E-state index in [0.717, 1.165) is 30.8 Å². The first-order chi connectivity index (χ1) is 6.75. The highest BCUT2D eigenvalue weighted by atomic mass is 16.1. The average Bonchev–Trinajstić information content (AvgIpc) is 2.19. The number of hydrogen-bond acceptors (Lipinski definition) is 3. The van der Waals surface area contributed by atoms with Crippen LogP contribution in [0.15, 0.2) is 18.3 Å². The SMILES string of the molecule is Cc1ccc(N2CCCC(=O)C2)nc1. The van der Waals surface area contributed by atoms with E-state index in [1.807, 2.05) is 30.2 Å². The van der Waals surface area contributed by atoms with E-state index in [2.05, 4.69) is 4.98 Å². The Hall–Kier alpha value is -1.38. The van der Waals surface area contributed by atoms with E-state index in [9.17, 15) is 4.79 Å². The lowest BCUT2D eigenvalue weighted by atomic mass is 10.1. The third kappa shape index (κ3) is 1.92. The molecule has 0 spiro atoms. The number of pyridine rings is 1. The molecule has 1 aliphatic heterocycles. The third-order valence-electron chi connectivity index (χ3n) is 2.47. The quantitative estimate of drug-likeness (QED) is 0.673. The molecule has 0 amide bonds. The van der Waals surface area contributed by atoms with Crippen LogP contribution in [0.2, 0.25) is 0 Å². The lowest BCUT2D eigenvalue weighted by molar-refractivity contribution is -0.118. The minimum Gasteiger partial charge on any atom is -0.349 e. The molecule has 14 heavy (non-hydrogen) atoms. The Labute approximate surface area is 83.8 Å². The summed E-state index contributed by atoms with van der Waals surface area (Å²) in [6, 6.07) is 4.01. The van der Waals surface area contributed by atoms with Gasteiger partial charge >= 0.3 is 0 Å². The van der Waals surface area contributed by atoms with E-state index in [0.29, 0.717) is 12.3 Å². The predicted molar refractivity (Wildman–Crippen MR) is 55.4 cm³/mol. The molecular weight excluding hydrogens is 176 g/mol. The summed E-state index contributed by atoms with van der Waals surface area (Å²) in [5, 5.41) is 0. The van der Waals surface area contributed by atoms with Crippen LogP contribution in [0.1, 0.15) is 18.4 Å². The van der Waals surface area contributed by atoms with E-state index in [-0.39, 0.29) is 0 Å². The lowest BCUT2D eigenvalue weighted by Gasteiger charge is -2.26. The summed E-state index contributed by atoms with van der Waals surface area (Å²) in [5.41, 5.74) is 1.15. The molecule has 74 valence electrons. The molecule has 1 saturated heterocycles. The number of nitrogens with zero attached hydrogens (tertiary/aromatic N) is 2. The van der Waals surface area contributed by atoms with Gasteiger partial charge in [-0.25, -0.2) is 4.98 Å². The summed E-state index contributed by atoms with van der Waals surface area (Å²) < 4.78 is 0. The van der Waals surface area contributed by atoms with Crippen LogP contribution in [-0.2, 0) is 4.79 Å². The van der Waals surface area contributed by atoms with Gasteiger partial charge in [-0.2, -0.15) is 0 Å². The van der Waals surface area contributed by atoms with Crippen LogP contribution in [-0.4, -0.2) is 23.9 Å². The van der Waals surface area contributed by atoms with Gasteiger partial charge in [0.2, 0.25) is 0 Å². The number of hydrogen-bond donors (Lipinski definition) is 0. The highest BCUT2D eigenvalue weighted by molar-refractivity contribution is 5.84. The molecule has 0 N–H and O–H groups in total. The van der Waals surface area contributed by atoms with E-state index in [1.54, 1.807) is 0 Å². The predicted octanol–water partition coefficient (Wildman–Crippen LogP) is 1.56. The zero-order valence-corrected chi connectivity index (χ0v) is 8.36. The van der Waals surface area contributed by atoms with Gasteiger partial charge in [0.1, 0.15) is 5.82 Å². The van der Waals surface area contributed by atoms with Gasteiger partial charge in [0.05, 0.1) is 6.54 Å². The zero-order chi connectivity index (χ0) is 9.97. The average molecular weight is 190 g/mol. The Kier molecular flexibility index (Phi) is 2.48. The van der Waals surface area contributed by atoms with Gasteiger partial charge in [-0.1, -0.05) is 6.07 Å². The number of carbonyl (C=O) groups is 1. The van der Waals surface area contributed by atoms with Crippen molar-refractivity contribution in [3.63, 3.8) is 0 Å². The molecule has 1 aromatic rings. The lowest BCUT2D eigenvalue weighted by Crippen LogP contribution is -2.36. The van der Waals surface area contributed by atoms with E-state index in [4.69, 9.17) is 0 Å². The first-order valence-corrected chi connectivity index (χ1v) is 4.95. The van der Waals surface area contributed by atoms with Crippen LogP contribution < -0.4 is 4.90 Å². The van der Waals surface area contributed by atoms with Crippen LogP contribution in [0.25, 0.3) is 0 Å². The van der Waals surface area contributed by atoms with Gasteiger partial charge < -0.3 is 4.90 Å². The Morgan fingerprint density at radius 2 is 2.29 bits per heavy atom. The minimum atomic E-state index is 0.318. The van der Waals surface area contributed by atoms with Gasteiger partial charge in [0.15, 0.2) is 5.78 Å². The highest BCUT2D eigenvalue weighted by Gasteiger charge is 2.17. The number of piperidine rings is 1. The first-order valence-electron chi connectivity index (χ1n) is 4.95. The smallest absolute Gasteiger partial charge is 0.152 e. The molecule has 0 bridgehead atoms. The number of Topliss-reactive ketones (excluding diaryl/α,β-unsaturated/α-hetero) is 1. The van der Waals surface area contributed by atoms with Gasteiger partial charge in [-0.3, -0.25) is 4.79 Å². The van der Waals surface area contributed by atoms with Crippen molar-refractivity contribution in [1.82, 2.24) is 4.98 Å². The number of anilines is 1. The first kappa shape index (κ1) is 9.19. The molecule has 0 aromatic carbocycles. The monoisotopic (exact) mass is 190 g/mol. The van der Waals surface area contributed by atoms with Crippen LogP contribution >= 0.6 is 0 Å². The molecular formula is C11H14N2O. The van der Waals surface area contributed by atoms with E-state index >= 15 is 0 Å². The molecule has 2 heterocycles. The largest absolute Gasteiger partial charge is 0.349 e. The molecule has 2 rings (SSSR count). The second kappa shape index (κ2) is 3.78. The summed E-state index contributed by atoms with van der Waals surface area (Å²) >= 11 is 0. The number of carbonyl (C=O) groups excluding carboxylic acids is 1. The normalized spacial score (nSPS) is 17.2. The Morgan fingerprint density at radius 1 is 1.43 bits per heavy atom. The Balaban J connectivity index is 2.14. The second-order valence-corrected chi connectivity index (χ2v) is 3.76. The molecule has 0 atom stereocenters. The van der Waals surface area contributed by atoms with Crippen molar-refractivity contribution in [1.29, 1.82) is 0 Å². The summed E-state index contributed by atoms with van der Waals surface area (Å²) in [5.74, 6) is 1.24. The van der Waals surface area contributed by atoms with Crippen LogP contribution in [0.5, 0.6) is 0 Å². The van der Waals surface area contributed by atoms with Crippen molar-refractivity contribution in [3.05, 3.63) is 23.9 Å². The summed E-state index contributed by atoms with van der Waals surface area (Å²) in [6.07, 6.45) is 3.52. The zero-order valence-electron chi connectivity index (χ0n) is 8.36. The van der Waals surface area contributed by atoms with Crippen molar-refractivity contribution in [2.45, 2.75) is 19.8 Å². The topological polar surface area (TPSA) is 33.2 Å². The van der Waals surface area contributed by atoms with Crippen LogP contribution in [0.3, 0.4) is 0 Å². The second-order valence-electron chi connectivity index (χ2n) is 3.76. The van der Waals surface area contributed by atoms with Gasteiger partial charge in [0.25, 0.3) is 0 Å². The molecule has 0 radical (unpaired) electrons. The van der Waals surface area contributed by atoms with Crippen molar-refractivity contribution >= 4 is 11.6 Å². The summed E-state index contributed by atoms with van der Waals surface area (Å²) in [6.45, 7) is 3.48. The van der Waals surface area contributed by atoms with Crippen molar-refractivity contribution in [2.75, 3.05) is 18.0 Å². The summed E-state index contributed by atoms with van der Waals surface area (Å²) in [7, 11) is 0. The van der Waals surface area contributed by atoms with Crippen LogP contribution in [0, 0.1) is 6.92 Å². The molecule has 1 aromatic heterocycles. The van der Waals surface area contributed by atoms with E-state index in [1.165, 1.54) is 0 Å². The maximum atomic E-state index is 11.2. The molecule has 0 aliphatic carbocycles. The van der Waals surface area contributed by atoms with Crippen molar-refractivity contribution < 1.29 is 4.79 Å². The fourth-order valence-corrected chi connectivity index (χ4v) is 1.68. The maximum absolute atomic E-state index is 11.2. The van der Waals surface area contributed by atoms with Gasteiger partial charge in [0, 0.05) is 19.2 Å². The van der Waals surface area contributed by atoms with Crippen molar-refractivity contribution in [2.24, 2.45) is 0 Å². The van der Waals surface area contributed by atoms with Crippen molar-refractivity contribution in [3.8, 4) is 0 Å². The minimum absolute atomic E-state index is 0.318. The molecule has 0 unspecified atom stereocenters. The molecule has 0 saturated carbocycles. The maximum Gasteiger partial charge on any atom is 0.152 e. The molecule has 1 fully saturated rings. The number of aromatic nitrogens is 1. The number of aryl methyl sites for hydroxylation is 1. The van der Waals surface area contributed by atoms with E-state index < -0.39 is 0 Å². The highest BCUT2D eigenvalue weighted by Crippen LogP contribution is 2.15. The third-order valence-corrected chi connectivity index (χ3v) is 2.47. The Morgan fingerprint density at radius 3 is 2.93 bits per heavy atom. The fourth-order valence-electron chi connectivity index (χ4n) is 1.68. The molecule has 1 aliphatic rings. The Bertz CT molecular complexity index is 332. The van der Waals surface area contributed by atoms with Gasteiger partial charge in [-0.05, 0) is 25.0 Å². The summed E-state index contributed by atoms with van der Waals surface area (Å²) in [4.78, 5) is 17.6. The standard InChI is InChI=1S/C11H14N2O/c1-9-4-5-11(12-7-9)13-6-2-3-10(14)8-13/h4-5,7H,2-3,6,8H2,1H3. The molecule has 3 nitrogen and oxygen atoms in total. The fraction of sp³-hybridized carbons (Fsp3) is 0.455. The number of ketones is 1. The van der Waals surface area contributed by atoms with Gasteiger partial charge in [-0.15, -0.1) is 0 Å². The molecule has 3 heteroatoms.